The van der Waals surface area contributed by atoms with Crippen molar-refractivity contribution in [3.05, 3.63) is 18.3 Å². The number of nitriles is 1. The maximum Gasteiger partial charge on any atom is 0.179 e. The zero-order valence-corrected chi connectivity index (χ0v) is 15.9. The molecule has 26 heavy (non-hydrogen) atoms. The van der Waals surface area contributed by atoms with E-state index < -0.39 is 0 Å². The Labute approximate surface area is 158 Å². The maximum absolute atomic E-state index is 8.89. The van der Waals surface area contributed by atoms with Gasteiger partial charge in [0, 0.05) is 39.3 Å². The molecular formula is C17H25N5O3S. The van der Waals surface area contributed by atoms with Gasteiger partial charge in [0.15, 0.2) is 6.19 Å². The minimum absolute atomic E-state index is 0.513. The number of piperidine rings is 1. The van der Waals surface area contributed by atoms with Gasteiger partial charge >= 0.3 is 0 Å². The van der Waals surface area contributed by atoms with Gasteiger partial charge in [0.05, 0.1) is 19.9 Å². The van der Waals surface area contributed by atoms with E-state index in [4.69, 9.17) is 14.3 Å². The maximum atomic E-state index is 8.89. The summed E-state index contributed by atoms with van der Waals surface area (Å²) in [6.45, 7) is 5.92. The number of piperazine rings is 1. The van der Waals surface area contributed by atoms with Gasteiger partial charge in [0.2, 0.25) is 0 Å². The smallest absolute Gasteiger partial charge is 0.179 e. The van der Waals surface area contributed by atoms with Crippen LogP contribution in [-0.4, -0.2) is 67.2 Å². The molecule has 9 heteroatoms. The molecule has 1 aromatic rings. The van der Waals surface area contributed by atoms with Crippen molar-refractivity contribution in [2.45, 2.75) is 12.8 Å². The van der Waals surface area contributed by atoms with E-state index in [0.717, 1.165) is 63.7 Å². The molecule has 0 radical (unpaired) electrons. The number of nitrogens with zero attached hydrogens (tertiary/aromatic N) is 5. The van der Waals surface area contributed by atoms with Gasteiger partial charge in [0.1, 0.15) is 23.8 Å². The average molecular weight is 379 g/mol. The number of rotatable bonds is 7. The van der Waals surface area contributed by atoms with Crippen molar-refractivity contribution in [3.63, 3.8) is 0 Å². The molecular weight excluding hydrogens is 354 g/mol. The van der Waals surface area contributed by atoms with Crippen LogP contribution >= 0.6 is 12.2 Å². The highest BCUT2D eigenvalue weighted by Gasteiger charge is 2.20. The third-order valence-electron chi connectivity index (χ3n) is 4.73. The van der Waals surface area contributed by atoms with Gasteiger partial charge in [-0.05, 0) is 30.9 Å². The van der Waals surface area contributed by atoms with Crippen molar-refractivity contribution in [1.29, 1.82) is 5.26 Å². The summed E-state index contributed by atoms with van der Waals surface area (Å²) in [6.07, 6.45) is 6.03. The fraction of sp³-hybridized carbons (Fsp3) is 0.647. The largest absolute Gasteiger partial charge is 0.492 e. The van der Waals surface area contributed by atoms with E-state index in [1.54, 1.807) is 6.20 Å². The highest BCUT2D eigenvalue weighted by atomic mass is 32.2. The van der Waals surface area contributed by atoms with Crippen LogP contribution in [-0.2, 0) is 9.22 Å². The third-order valence-corrected chi connectivity index (χ3v) is 5.50. The van der Waals surface area contributed by atoms with Gasteiger partial charge in [0.25, 0.3) is 0 Å². The number of likely N-dealkylation sites (tertiary alicyclic amines) is 1. The lowest BCUT2D eigenvalue weighted by Gasteiger charge is -2.33. The molecule has 8 nitrogen and oxygen atoms in total. The summed E-state index contributed by atoms with van der Waals surface area (Å²) < 4.78 is 12.9. The topological polar surface area (TPSA) is 74.1 Å². The van der Waals surface area contributed by atoms with Gasteiger partial charge < -0.3 is 14.5 Å². The summed E-state index contributed by atoms with van der Waals surface area (Å²) in [7, 11) is 1.51. The van der Waals surface area contributed by atoms with E-state index in [-0.39, 0.29) is 0 Å². The first-order valence-corrected chi connectivity index (χ1v) is 9.59. The Hall–Kier alpha value is -1.73. The molecule has 0 amide bonds. The summed E-state index contributed by atoms with van der Waals surface area (Å²) in [5.74, 6) is 2.29. The molecule has 0 bridgehead atoms. The van der Waals surface area contributed by atoms with E-state index in [0.29, 0.717) is 12.5 Å². The minimum atomic E-state index is 0.513. The molecule has 2 fully saturated rings. The van der Waals surface area contributed by atoms with Crippen molar-refractivity contribution in [2.75, 3.05) is 57.9 Å². The van der Waals surface area contributed by atoms with E-state index in [1.807, 2.05) is 17.0 Å². The van der Waals surface area contributed by atoms with Gasteiger partial charge in [-0.2, -0.15) is 5.26 Å². The second kappa shape index (κ2) is 9.83. The van der Waals surface area contributed by atoms with Crippen molar-refractivity contribution >= 4 is 18.0 Å². The predicted molar refractivity (Wildman–Crippen MR) is 99.1 cm³/mol. The summed E-state index contributed by atoms with van der Waals surface area (Å²) in [5, 5.41) is 8.89. The van der Waals surface area contributed by atoms with Crippen LogP contribution in [0.4, 0.5) is 5.82 Å². The van der Waals surface area contributed by atoms with Crippen LogP contribution in [0.25, 0.3) is 0 Å². The van der Waals surface area contributed by atoms with E-state index >= 15 is 0 Å². The normalized spacial score (nSPS) is 19.4. The lowest BCUT2D eigenvalue weighted by molar-refractivity contribution is -0.163. The molecule has 3 heterocycles. The molecule has 0 unspecified atom stereocenters. The summed E-state index contributed by atoms with van der Waals surface area (Å²) in [4.78, 5) is 13.2. The van der Waals surface area contributed by atoms with Crippen LogP contribution in [0.1, 0.15) is 12.8 Å². The number of hydrogen-bond donors (Lipinski definition) is 0. The van der Waals surface area contributed by atoms with Crippen LogP contribution < -0.4 is 9.64 Å². The van der Waals surface area contributed by atoms with Crippen LogP contribution in [0.3, 0.4) is 0 Å². The molecule has 0 aromatic carbocycles. The monoisotopic (exact) mass is 379 g/mol. The highest BCUT2D eigenvalue weighted by Crippen LogP contribution is 2.22. The molecule has 3 rings (SSSR count). The van der Waals surface area contributed by atoms with Crippen molar-refractivity contribution in [1.82, 2.24) is 14.2 Å². The lowest BCUT2D eigenvalue weighted by atomic mass is 9.98. The van der Waals surface area contributed by atoms with Gasteiger partial charge in [-0.1, -0.05) is 0 Å². The summed E-state index contributed by atoms with van der Waals surface area (Å²) >= 11 is 1.24. The summed E-state index contributed by atoms with van der Waals surface area (Å²) in [6, 6.07) is 4.00. The van der Waals surface area contributed by atoms with Crippen molar-refractivity contribution in [3.8, 4) is 11.9 Å². The van der Waals surface area contributed by atoms with Crippen molar-refractivity contribution < 1.29 is 14.0 Å². The first-order chi connectivity index (χ1) is 12.8. The molecule has 2 aliphatic rings. The van der Waals surface area contributed by atoms with Crippen LogP contribution in [0.5, 0.6) is 5.75 Å². The first-order valence-electron chi connectivity index (χ1n) is 8.89. The number of hydrogen-bond acceptors (Lipinski definition) is 9. The third kappa shape index (κ3) is 5.38. The summed E-state index contributed by atoms with van der Waals surface area (Å²) in [5.41, 5.74) is 0. The Morgan fingerprint density at radius 2 is 1.96 bits per heavy atom. The number of anilines is 1. The number of aromatic nitrogens is 1. The fourth-order valence-electron chi connectivity index (χ4n) is 3.12. The Bertz CT molecular complexity index is 581. The van der Waals surface area contributed by atoms with Gasteiger partial charge in [-0.3, -0.25) is 0 Å². The molecule has 142 valence electrons. The standard InChI is InChI=1S/C17H25N5O3S/c1-23-25-26-22-10-8-21(9-11-22)17-3-2-16(12-19-17)24-13-15-4-6-20(14-18)7-5-15/h2-3,12,15H,4-11,13H2,1H3. The molecule has 1 aromatic heterocycles. The fourth-order valence-corrected chi connectivity index (χ4v) is 3.58. The highest BCUT2D eigenvalue weighted by molar-refractivity contribution is 7.92. The minimum Gasteiger partial charge on any atom is -0.492 e. The predicted octanol–water partition coefficient (Wildman–Crippen LogP) is 1.92. The van der Waals surface area contributed by atoms with Crippen molar-refractivity contribution in [2.24, 2.45) is 5.92 Å². The zero-order chi connectivity index (χ0) is 18.2. The molecule has 0 N–H and O–H groups in total. The molecule has 0 spiro atoms. The SMILES string of the molecule is COOSN1CCN(c2ccc(OCC3CCN(C#N)CC3)cn2)CC1. The second-order valence-electron chi connectivity index (χ2n) is 6.42. The first kappa shape index (κ1) is 19.0. The molecule has 0 aliphatic carbocycles. The Morgan fingerprint density at radius 1 is 1.19 bits per heavy atom. The quantitative estimate of drug-likeness (QED) is 0.232. The van der Waals surface area contributed by atoms with Gasteiger partial charge in [-0.25, -0.2) is 14.2 Å². The van der Waals surface area contributed by atoms with E-state index in [9.17, 15) is 0 Å². The average Bonchev–Trinajstić information content (AvgIpc) is 2.72. The number of pyridine rings is 1. The molecule has 2 saturated heterocycles. The Balaban J connectivity index is 1.41. The van der Waals surface area contributed by atoms with E-state index in [1.165, 1.54) is 19.3 Å². The van der Waals surface area contributed by atoms with E-state index in [2.05, 4.69) is 25.3 Å². The molecule has 0 saturated carbocycles. The molecule has 0 atom stereocenters. The molecule has 2 aliphatic heterocycles. The Morgan fingerprint density at radius 3 is 2.58 bits per heavy atom. The van der Waals surface area contributed by atoms with Crippen LogP contribution in [0, 0.1) is 17.4 Å². The van der Waals surface area contributed by atoms with Crippen LogP contribution in [0.15, 0.2) is 18.3 Å². The lowest BCUT2D eigenvalue weighted by Crippen LogP contribution is -2.43. The van der Waals surface area contributed by atoms with Gasteiger partial charge in [-0.15, -0.1) is 4.33 Å². The zero-order valence-electron chi connectivity index (χ0n) is 15.0. The number of ether oxygens (including phenoxy) is 1. The van der Waals surface area contributed by atoms with Crippen LogP contribution in [0.2, 0.25) is 0 Å². The second-order valence-corrected chi connectivity index (χ2v) is 7.22. The Kier molecular flexibility index (Phi) is 7.20.